The fourth-order valence-electron chi connectivity index (χ4n) is 8.57. The third kappa shape index (κ3) is 17.8. The molecule has 0 radical (unpaired) electrons. The van der Waals surface area contributed by atoms with Crippen LogP contribution in [0.4, 0.5) is 5.69 Å². The summed E-state index contributed by atoms with van der Waals surface area (Å²) in [6.07, 6.45) is 17.1. The van der Waals surface area contributed by atoms with Gasteiger partial charge in [0.25, 0.3) is 10.1 Å². The van der Waals surface area contributed by atoms with E-state index in [2.05, 4.69) is 75.5 Å². The predicted octanol–water partition coefficient (Wildman–Crippen LogP) is 1.17. The molecule has 15 heterocycles. The van der Waals surface area contributed by atoms with Crippen LogP contribution in [0.5, 0.6) is 0 Å². The van der Waals surface area contributed by atoms with Crippen LogP contribution in [0.3, 0.4) is 0 Å². The molecule has 4 aliphatic rings. The number of nitrogens with zero attached hydrogens (tertiary/aromatic N) is 12. The minimum atomic E-state index is -3.67. The molecule has 460 valence electrons. The van der Waals surface area contributed by atoms with Crippen LogP contribution in [0.25, 0.3) is 67.7 Å². The van der Waals surface area contributed by atoms with E-state index in [-0.39, 0.29) is 76.3 Å². The molecule has 4 aliphatic heterocycles. The zero-order valence-corrected chi connectivity index (χ0v) is 51.1. The number of H-pyrrole nitrogens is 3. The SMILES string of the molecule is CCO.CS(=O)(=O)O.Cl.NC(=Nc1cnc2c(c1Cl)COCC2)c1ccon1.O.O.O.[Na+].[OH-].c1cc(-c2nc3c4c(ncc3[nH]2)CCOC4)no1.c1cc(-c2nc3c4c(ncc3[nH]2)CCOC4)no1.c1cc(-c2nc3c4c(ncc3[nH]2)CCOC4)no1. The average molecular weight is 1280 g/mol. The van der Waals surface area contributed by atoms with Crippen molar-refractivity contribution >= 4 is 78.7 Å². The summed E-state index contributed by atoms with van der Waals surface area (Å²) in [5.41, 5.74) is 22.6. The summed E-state index contributed by atoms with van der Waals surface area (Å²) in [6.45, 7) is 6.95. The van der Waals surface area contributed by atoms with E-state index in [0.717, 1.165) is 124 Å². The first-order chi connectivity index (χ1) is 39.4. The number of hydrogen-bond donors (Lipinski definition) is 6. The quantitative estimate of drug-likeness (QED) is 0.0609. The van der Waals surface area contributed by atoms with Crippen LogP contribution in [-0.4, -0.2) is 156 Å². The van der Waals surface area contributed by atoms with Crippen LogP contribution < -0.4 is 35.3 Å². The number of aliphatic hydroxyl groups is 1. The van der Waals surface area contributed by atoms with Gasteiger partial charge in [-0.25, -0.2) is 19.9 Å². The second-order valence-corrected chi connectivity index (χ2v) is 19.6. The number of hydrogen-bond acceptors (Lipinski definition) is 24. The Balaban J connectivity index is 0.000000233. The maximum atomic E-state index is 9.19. The number of imidazole rings is 3. The molecule has 0 amide bonds. The van der Waals surface area contributed by atoms with Crippen molar-refractivity contribution in [2.24, 2.45) is 10.7 Å². The van der Waals surface area contributed by atoms with E-state index < -0.39 is 10.1 Å². The zero-order valence-electron chi connectivity index (χ0n) is 46.7. The standard InChI is InChI=1S/C12H11ClN4O2.3C12H10N4O2.C2H6O.CH4O3S.ClH.Na.4H2O/c13-11-7-6-18-3-1-8(7)15-5-10(11)16-12(14)9-2-4-19-17-9;3*1-3-17-6-7-8(1)13-5-10-11(7)15-12(14-10)9-2-4-18-16-9;1-2-3;1-5(2,3)4;;;;;;/h2,4-5H,1,3,6H2,(H2,14,16);3*2,4-5H,1,3,6H2,(H,14,15);3H,2H2,1H3;1H3,(H,2,3,4);1H;;4*1H2/q;;;;;;;+1;;;;/p-1. The first-order valence-corrected chi connectivity index (χ1v) is 27.2. The van der Waals surface area contributed by atoms with Gasteiger partial charge in [-0.15, -0.1) is 12.4 Å². The summed E-state index contributed by atoms with van der Waals surface area (Å²) in [5.74, 6) is 2.31. The summed E-state index contributed by atoms with van der Waals surface area (Å²) in [5, 5.41) is 23.4. The van der Waals surface area contributed by atoms with Gasteiger partial charge in [0.05, 0.1) is 139 Å². The molecule has 36 heteroatoms. The molecule has 0 aliphatic carbocycles. The molecular weight excluding hydrogens is 1220 g/mol. The van der Waals surface area contributed by atoms with Crippen molar-refractivity contribution in [2.75, 3.05) is 39.3 Å². The van der Waals surface area contributed by atoms with Gasteiger partial charge in [0.2, 0.25) is 0 Å². The summed E-state index contributed by atoms with van der Waals surface area (Å²) >= 11 is 6.31. The Kier molecular flexibility index (Phi) is 27.7. The Bertz CT molecular complexity index is 3720. The normalized spacial score (nSPS) is 13.5. The number of aliphatic imine (C=N–C) groups is 1. The first-order valence-electron chi connectivity index (χ1n) is 25.0. The molecule has 0 spiro atoms. The number of aromatic amines is 3. The van der Waals surface area contributed by atoms with E-state index in [4.69, 9.17) is 64.0 Å². The monoisotopic (exact) mass is 1280 g/mol. The molecule has 0 bridgehead atoms. The van der Waals surface area contributed by atoms with Gasteiger partial charge in [0, 0.05) is 84.5 Å². The number of halogens is 2. The van der Waals surface area contributed by atoms with Crippen LogP contribution in [0, 0.1) is 0 Å². The fourth-order valence-corrected chi connectivity index (χ4v) is 8.82. The molecule has 0 fully saturated rings. The maximum Gasteiger partial charge on any atom is 1.00 e. The molecule has 14 N–H and O–H groups in total. The molecule has 32 nitrogen and oxygen atoms in total. The van der Waals surface area contributed by atoms with Crippen molar-refractivity contribution in [1.29, 1.82) is 0 Å². The van der Waals surface area contributed by atoms with Crippen LogP contribution in [0.1, 0.15) is 57.6 Å². The second-order valence-electron chi connectivity index (χ2n) is 17.8. The van der Waals surface area contributed by atoms with E-state index in [0.29, 0.717) is 90.2 Å². The van der Waals surface area contributed by atoms with Crippen molar-refractivity contribution in [2.45, 2.75) is 59.0 Å². The minimum Gasteiger partial charge on any atom is -0.870 e. The summed E-state index contributed by atoms with van der Waals surface area (Å²) < 4.78 is 66.9. The van der Waals surface area contributed by atoms with Gasteiger partial charge in [-0.3, -0.25) is 24.5 Å². The van der Waals surface area contributed by atoms with Crippen molar-refractivity contribution in [3.05, 3.63) is 130 Å². The van der Waals surface area contributed by atoms with Crippen molar-refractivity contribution < 1.29 is 107 Å². The number of fused-ring (bicyclic) bond motifs is 10. The number of nitrogens with one attached hydrogen (secondary N) is 3. The summed E-state index contributed by atoms with van der Waals surface area (Å²) in [4.78, 5) is 45.2. The number of aliphatic hydroxyl groups excluding tert-OH is 1. The van der Waals surface area contributed by atoms with Gasteiger partial charge >= 0.3 is 29.6 Å². The van der Waals surface area contributed by atoms with Crippen molar-refractivity contribution in [3.63, 3.8) is 0 Å². The van der Waals surface area contributed by atoms with E-state index in [9.17, 15) is 8.42 Å². The number of rotatable bonds is 5. The molecule has 0 saturated heterocycles. The number of aromatic nitrogens is 14. The van der Waals surface area contributed by atoms with Gasteiger partial charge in [-0.05, 0) is 6.92 Å². The fraction of sp³-hybridized carbons (Fsp3) is 0.294. The maximum absolute atomic E-state index is 9.19. The Morgan fingerprint density at radius 2 is 0.897 bits per heavy atom. The van der Waals surface area contributed by atoms with E-state index in [1.54, 1.807) is 37.4 Å². The molecule has 87 heavy (non-hydrogen) atoms. The summed E-state index contributed by atoms with van der Waals surface area (Å²) in [6, 6.07) is 6.94. The van der Waals surface area contributed by atoms with E-state index in [1.807, 2.05) is 18.6 Å². The zero-order chi connectivity index (χ0) is 56.3. The Morgan fingerprint density at radius 3 is 1.22 bits per heavy atom. The molecule has 15 rings (SSSR count). The molecule has 0 atom stereocenters. The van der Waals surface area contributed by atoms with Crippen LogP contribution >= 0.6 is 24.0 Å². The Hall–Kier alpha value is -7.55. The number of ether oxygens (including phenoxy) is 4. The van der Waals surface area contributed by atoms with Gasteiger partial charge < -0.3 is 84.7 Å². The smallest absolute Gasteiger partial charge is 0.870 e. The molecule has 0 aromatic carbocycles. The first kappa shape index (κ1) is 71.9. The number of nitrogens with two attached hydrogens (primary N) is 1. The number of amidine groups is 1. The number of pyridine rings is 4. The van der Waals surface area contributed by atoms with Gasteiger partial charge in [0.15, 0.2) is 23.3 Å². The largest absolute Gasteiger partial charge is 1.00 e. The van der Waals surface area contributed by atoms with Crippen LogP contribution in [-0.2, 0) is 81.2 Å². The third-order valence-corrected chi connectivity index (χ3v) is 12.6. The van der Waals surface area contributed by atoms with Crippen LogP contribution in [0.15, 0.2) is 97.2 Å². The van der Waals surface area contributed by atoms with Gasteiger partial charge in [-0.2, -0.15) is 8.42 Å². The molecule has 11 aromatic rings. The Labute approximate surface area is 526 Å². The molecule has 0 unspecified atom stereocenters. The van der Waals surface area contributed by atoms with Crippen molar-refractivity contribution in [1.82, 2.24) is 70.5 Å². The van der Waals surface area contributed by atoms with Gasteiger partial charge in [-0.1, -0.05) is 32.2 Å². The van der Waals surface area contributed by atoms with E-state index in [1.165, 1.54) is 25.1 Å². The molecular formula is C51H59Cl2N16NaO16S. The average Bonchev–Trinajstić information content (AvgIpc) is 2.10. The van der Waals surface area contributed by atoms with Crippen molar-refractivity contribution in [3.8, 4) is 34.6 Å². The predicted molar refractivity (Wildman–Crippen MR) is 308 cm³/mol. The Morgan fingerprint density at radius 1 is 0.586 bits per heavy atom. The minimum absolute atomic E-state index is 0. The second kappa shape index (κ2) is 33.5. The third-order valence-electron chi connectivity index (χ3n) is 12.2. The topological polar surface area (TPSA) is 516 Å². The summed E-state index contributed by atoms with van der Waals surface area (Å²) in [7, 11) is -3.67. The molecule has 11 aromatic heterocycles. The van der Waals surface area contributed by atoms with Crippen LogP contribution in [0.2, 0.25) is 5.02 Å². The molecule has 0 saturated carbocycles. The van der Waals surface area contributed by atoms with E-state index >= 15 is 0 Å². The van der Waals surface area contributed by atoms with Gasteiger partial charge in [0.1, 0.15) is 53.5 Å².